The molecule has 1 aromatic carbocycles. The van der Waals surface area contributed by atoms with Crippen molar-refractivity contribution in [3.63, 3.8) is 0 Å². The van der Waals surface area contributed by atoms with Gasteiger partial charge in [0, 0.05) is 14.1 Å². The van der Waals surface area contributed by atoms with E-state index in [2.05, 4.69) is 10.3 Å². The van der Waals surface area contributed by atoms with Crippen LogP contribution in [0.3, 0.4) is 0 Å². The molecule has 0 atom stereocenters. The first kappa shape index (κ1) is 10.5. The number of hydrogen-bond acceptors (Lipinski definition) is 3. The van der Waals surface area contributed by atoms with Crippen molar-refractivity contribution in [2.45, 2.75) is 6.54 Å². The van der Waals surface area contributed by atoms with Crippen molar-refractivity contribution in [1.82, 2.24) is 15.2 Å². The van der Waals surface area contributed by atoms with Crippen LogP contribution in [0.1, 0.15) is 5.89 Å². The van der Waals surface area contributed by atoms with Gasteiger partial charge in [-0.3, -0.25) is 0 Å². The van der Waals surface area contributed by atoms with E-state index in [0.717, 1.165) is 11.1 Å². The fraction of sp³-hybridized carbons (Fsp3) is 0.273. The van der Waals surface area contributed by atoms with Crippen LogP contribution in [-0.4, -0.2) is 30.0 Å². The van der Waals surface area contributed by atoms with Crippen molar-refractivity contribution in [3.8, 4) is 0 Å². The number of benzene rings is 1. The van der Waals surface area contributed by atoms with E-state index in [1.807, 2.05) is 24.3 Å². The quantitative estimate of drug-likeness (QED) is 0.834. The first-order valence-corrected chi connectivity index (χ1v) is 4.96. The summed E-state index contributed by atoms with van der Waals surface area (Å²) in [4.78, 5) is 17.0. The zero-order valence-electron chi connectivity index (χ0n) is 9.23. The lowest BCUT2D eigenvalue weighted by molar-refractivity contribution is 0.216. The first-order valence-electron chi connectivity index (χ1n) is 4.96. The fourth-order valence-electron chi connectivity index (χ4n) is 1.30. The Balaban J connectivity index is 2.07. The van der Waals surface area contributed by atoms with Crippen molar-refractivity contribution >= 4 is 17.1 Å². The summed E-state index contributed by atoms with van der Waals surface area (Å²) < 4.78 is 5.45. The van der Waals surface area contributed by atoms with E-state index in [-0.39, 0.29) is 6.03 Å². The number of para-hydroxylation sites is 2. The summed E-state index contributed by atoms with van der Waals surface area (Å²) in [5.41, 5.74) is 1.54. The normalized spacial score (nSPS) is 10.4. The lowest BCUT2D eigenvalue weighted by Crippen LogP contribution is -2.33. The van der Waals surface area contributed by atoms with Gasteiger partial charge in [-0.2, -0.15) is 0 Å². The van der Waals surface area contributed by atoms with Gasteiger partial charge in [0.2, 0.25) is 5.89 Å². The molecule has 2 amide bonds. The number of urea groups is 1. The van der Waals surface area contributed by atoms with Crippen LogP contribution in [-0.2, 0) is 6.54 Å². The highest BCUT2D eigenvalue weighted by Crippen LogP contribution is 2.14. The monoisotopic (exact) mass is 219 g/mol. The molecule has 0 aliphatic carbocycles. The van der Waals surface area contributed by atoms with E-state index < -0.39 is 0 Å². The molecular formula is C11H13N3O2. The van der Waals surface area contributed by atoms with Crippen molar-refractivity contribution in [2.24, 2.45) is 0 Å². The van der Waals surface area contributed by atoms with Gasteiger partial charge in [0.15, 0.2) is 5.58 Å². The SMILES string of the molecule is CN(C)C(=O)NCc1nc2ccccc2o1. The predicted octanol–water partition coefficient (Wildman–Crippen LogP) is 1.60. The third-order valence-corrected chi connectivity index (χ3v) is 2.14. The standard InChI is InChI=1S/C11H13N3O2/c1-14(2)11(15)12-7-10-13-8-5-3-4-6-9(8)16-10/h3-6H,7H2,1-2H3,(H,12,15). The molecule has 0 saturated heterocycles. The van der Waals surface area contributed by atoms with Gasteiger partial charge in [-0.25, -0.2) is 9.78 Å². The lowest BCUT2D eigenvalue weighted by Gasteiger charge is -2.09. The summed E-state index contributed by atoms with van der Waals surface area (Å²) in [5.74, 6) is 0.511. The predicted molar refractivity (Wildman–Crippen MR) is 59.9 cm³/mol. The van der Waals surface area contributed by atoms with Gasteiger partial charge in [0.05, 0.1) is 6.54 Å². The second-order valence-electron chi connectivity index (χ2n) is 3.63. The third-order valence-electron chi connectivity index (χ3n) is 2.14. The van der Waals surface area contributed by atoms with E-state index in [9.17, 15) is 4.79 Å². The Labute approximate surface area is 93.1 Å². The number of fused-ring (bicyclic) bond motifs is 1. The molecule has 1 aromatic heterocycles. The second kappa shape index (κ2) is 4.22. The molecule has 0 spiro atoms. The van der Waals surface area contributed by atoms with Crippen LogP contribution in [0.4, 0.5) is 4.79 Å². The maximum absolute atomic E-state index is 11.3. The number of carbonyl (C=O) groups excluding carboxylic acids is 1. The fourth-order valence-corrected chi connectivity index (χ4v) is 1.30. The summed E-state index contributed by atoms with van der Waals surface area (Å²) in [5, 5.41) is 2.69. The van der Waals surface area contributed by atoms with Gasteiger partial charge in [-0.1, -0.05) is 12.1 Å². The molecule has 16 heavy (non-hydrogen) atoms. The smallest absolute Gasteiger partial charge is 0.317 e. The molecule has 5 nitrogen and oxygen atoms in total. The Morgan fingerprint density at radius 2 is 2.19 bits per heavy atom. The highest BCUT2D eigenvalue weighted by molar-refractivity contribution is 5.74. The van der Waals surface area contributed by atoms with Crippen LogP contribution in [0.25, 0.3) is 11.1 Å². The summed E-state index contributed by atoms with van der Waals surface area (Å²) in [6.07, 6.45) is 0. The summed E-state index contributed by atoms with van der Waals surface area (Å²) >= 11 is 0. The Hall–Kier alpha value is -2.04. The maximum atomic E-state index is 11.3. The van der Waals surface area contributed by atoms with Crippen molar-refractivity contribution in [2.75, 3.05) is 14.1 Å². The minimum atomic E-state index is -0.165. The Morgan fingerprint density at radius 3 is 2.88 bits per heavy atom. The topological polar surface area (TPSA) is 58.4 Å². The zero-order valence-corrected chi connectivity index (χ0v) is 9.23. The lowest BCUT2D eigenvalue weighted by atomic mass is 10.3. The number of carbonyl (C=O) groups is 1. The van der Waals surface area contributed by atoms with E-state index in [1.165, 1.54) is 4.90 Å². The van der Waals surface area contributed by atoms with Gasteiger partial charge in [-0.05, 0) is 12.1 Å². The summed E-state index contributed by atoms with van der Waals surface area (Å²) in [7, 11) is 3.36. The molecule has 2 rings (SSSR count). The summed E-state index contributed by atoms with van der Waals surface area (Å²) in [6.45, 7) is 0.297. The second-order valence-corrected chi connectivity index (χ2v) is 3.63. The highest BCUT2D eigenvalue weighted by Gasteiger charge is 2.07. The molecule has 1 heterocycles. The first-order chi connectivity index (χ1) is 7.66. The van der Waals surface area contributed by atoms with Crippen LogP contribution < -0.4 is 5.32 Å². The van der Waals surface area contributed by atoms with Gasteiger partial charge in [-0.15, -0.1) is 0 Å². The molecule has 5 heteroatoms. The highest BCUT2D eigenvalue weighted by atomic mass is 16.3. The van der Waals surface area contributed by atoms with Crippen LogP contribution in [0.2, 0.25) is 0 Å². The van der Waals surface area contributed by atoms with Crippen LogP contribution in [0.5, 0.6) is 0 Å². The number of nitrogens with one attached hydrogen (secondary N) is 1. The maximum Gasteiger partial charge on any atom is 0.317 e. The van der Waals surface area contributed by atoms with Gasteiger partial charge in [0.25, 0.3) is 0 Å². The minimum Gasteiger partial charge on any atom is -0.439 e. The van der Waals surface area contributed by atoms with E-state index >= 15 is 0 Å². The number of hydrogen-bond donors (Lipinski definition) is 1. The van der Waals surface area contributed by atoms with E-state index in [1.54, 1.807) is 14.1 Å². The van der Waals surface area contributed by atoms with Crippen molar-refractivity contribution < 1.29 is 9.21 Å². The average molecular weight is 219 g/mol. The molecule has 1 N–H and O–H groups in total. The molecule has 0 fully saturated rings. The third kappa shape index (κ3) is 2.13. The molecule has 84 valence electrons. The summed E-state index contributed by atoms with van der Waals surface area (Å²) in [6, 6.07) is 7.33. The van der Waals surface area contributed by atoms with Crippen LogP contribution >= 0.6 is 0 Å². The molecule has 0 bridgehead atoms. The molecular weight excluding hydrogens is 206 g/mol. The van der Waals surface area contributed by atoms with Gasteiger partial charge >= 0.3 is 6.03 Å². The molecule has 0 aliphatic rings. The van der Waals surface area contributed by atoms with Crippen LogP contribution in [0.15, 0.2) is 28.7 Å². The van der Waals surface area contributed by atoms with E-state index in [0.29, 0.717) is 12.4 Å². The zero-order chi connectivity index (χ0) is 11.5. The van der Waals surface area contributed by atoms with Crippen molar-refractivity contribution in [1.29, 1.82) is 0 Å². The molecule has 0 unspecified atom stereocenters. The van der Waals surface area contributed by atoms with E-state index in [4.69, 9.17) is 4.42 Å². The van der Waals surface area contributed by atoms with Crippen LogP contribution in [0, 0.1) is 0 Å². The van der Waals surface area contributed by atoms with Gasteiger partial charge < -0.3 is 14.6 Å². The Bertz CT molecular complexity index is 472. The average Bonchev–Trinajstić information content (AvgIpc) is 2.68. The number of aromatic nitrogens is 1. The Morgan fingerprint density at radius 1 is 1.44 bits per heavy atom. The van der Waals surface area contributed by atoms with Crippen molar-refractivity contribution in [3.05, 3.63) is 30.2 Å². The molecule has 2 aromatic rings. The number of rotatable bonds is 2. The minimum absolute atomic E-state index is 0.165. The molecule has 0 aliphatic heterocycles. The molecule has 0 saturated carbocycles. The Kier molecular flexibility index (Phi) is 2.76. The van der Waals surface area contributed by atoms with Gasteiger partial charge in [0.1, 0.15) is 5.52 Å². The largest absolute Gasteiger partial charge is 0.439 e. The number of oxazole rings is 1. The molecule has 0 radical (unpaired) electrons. The number of nitrogens with zero attached hydrogens (tertiary/aromatic N) is 2. The number of amides is 2.